The van der Waals surface area contributed by atoms with Crippen LogP contribution < -0.4 is 5.32 Å². The van der Waals surface area contributed by atoms with Gasteiger partial charge in [-0.05, 0) is 66.7 Å². The summed E-state index contributed by atoms with van der Waals surface area (Å²) >= 11 is 3.43. The molecular weight excluding hydrogens is 316 g/mol. The zero-order chi connectivity index (χ0) is 14.6. The lowest BCUT2D eigenvalue weighted by molar-refractivity contribution is -0.0732. The lowest BCUT2D eigenvalue weighted by atomic mass is 9.74. The third-order valence-electron chi connectivity index (χ3n) is 4.71. The van der Waals surface area contributed by atoms with Crippen LogP contribution in [0.5, 0.6) is 0 Å². The van der Waals surface area contributed by atoms with Crippen LogP contribution >= 0.6 is 15.9 Å². The second-order valence-electron chi connectivity index (χ2n) is 5.96. The molecule has 1 N–H and O–H groups in total. The van der Waals surface area contributed by atoms with Crippen molar-refractivity contribution in [1.29, 1.82) is 0 Å². The minimum atomic E-state index is -0.0456. The van der Waals surface area contributed by atoms with Crippen LogP contribution in [0.25, 0.3) is 0 Å². The minimum Gasteiger partial charge on any atom is -0.377 e. The van der Waals surface area contributed by atoms with Crippen LogP contribution in [0, 0.1) is 5.92 Å². The molecule has 1 aromatic heterocycles. The number of likely N-dealkylation sites (N-methyl/N-ethyl adjacent to an activating group) is 1. The molecule has 2 rings (SSSR count). The summed E-state index contributed by atoms with van der Waals surface area (Å²) in [5, 5.41) is 3.46. The van der Waals surface area contributed by atoms with Crippen molar-refractivity contribution in [2.75, 3.05) is 14.2 Å². The first kappa shape index (κ1) is 15.9. The van der Waals surface area contributed by atoms with Gasteiger partial charge in [0, 0.05) is 35.9 Å². The van der Waals surface area contributed by atoms with Crippen molar-refractivity contribution >= 4 is 15.9 Å². The van der Waals surface area contributed by atoms with Gasteiger partial charge >= 0.3 is 0 Å². The second-order valence-corrected chi connectivity index (χ2v) is 6.88. The third-order valence-corrected chi connectivity index (χ3v) is 5.18. The maximum absolute atomic E-state index is 5.98. The number of hydrogen-bond donors (Lipinski definition) is 1. The molecule has 0 aliphatic heterocycles. The van der Waals surface area contributed by atoms with Gasteiger partial charge in [0.25, 0.3) is 0 Å². The van der Waals surface area contributed by atoms with Crippen molar-refractivity contribution < 1.29 is 4.74 Å². The summed E-state index contributed by atoms with van der Waals surface area (Å²) in [6.07, 6.45) is 7.54. The number of rotatable bonds is 5. The van der Waals surface area contributed by atoms with Gasteiger partial charge in [0.05, 0.1) is 5.60 Å². The first-order valence-corrected chi connectivity index (χ1v) is 8.22. The number of aromatic nitrogens is 1. The van der Waals surface area contributed by atoms with Gasteiger partial charge in [0.15, 0.2) is 0 Å². The average Bonchev–Trinajstić information content (AvgIpc) is 2.48. The summed E-state index contributed by atoms with van der Waals surface area (Å²) in [6.45, 7) is 2.34. The molecule has 1 fully saturated rings. The van der Waals surface area contributed by atoms with Crippen LogP contribution in [-0.4, -0.2) is 30.8 Å². The quantitative estimate of drug-likeness (QED) is 0.889. The van der Waals surface area contributed by atoms with Crippen LogP contribution in [0.2, 0.25) is 0 Å². The van der Waals surface area contributed by atoms with Gasteiger partial charge in [0.1, 0.15) is 0 Å². The van der Waals surface area contributed by atoms with Crippen molar-refractivity contribution in [3.63, 3.8) is 0 Å². The van der Waals surface area contributed by atoms with Crippen LogP contribution in [0.15, 0.2) is 22.8 Å². The first-order valence-electron chi connectivity index (χ1n) is 7.42. The molecule has 1 aliphatic carbocycles. The van der Waals surface area contributed by atoms with E-state index in [2.05, 4.69) is 45.3 Å². The Morgan fingerprint density at radius 2 is 2.15 bits per heavy atom. The predicted molar refractivity (Wildman–Crippen MR) is 85.9 cm³/mol. The van der Waals surface area contributed by atoms with E-state index < -0.39 is 0 Å². The lowest BCUT2D eigenvalue weighted by Crippen LogP contribution is -2.54. The molecule has 1 saturated carbocycles. The van der Waals surface area contributed by atoms with E-state index in [1.54, 1.807) is 0 Å². The molecule has 0 spiro atoms. The van der Waals surface area contributed by atoms with E-state index in [0.717, 1.165) is 35.3 Å². The van der Waals surface area contributed by atoms with Gasteiger partial charge < -0.3 is 10.1 Å². The van der Waals surface area contributed by atoms with Crippen molar-refractivity contribution in [2.24, 2.45) is 5.92 Å². The van der Waals surface area contributed by atoms with Crippen LogP contribution in [0.4, 0.5) is 0 Å². The number of pyridine rings is 1. The van der Waals surface area contributed by atoms with E-state index in [0.29, 0.717) is 6.04 Å². The predicted octanol–water partition coefficient (Wildman–Crippen LogP) is 3.57. The number of halogens is 1. The zero-order valence-corrected chi connectivity index (χ0v) is 14.2. The summed E-state index contributed by atoms with van der Waals surface area (Å²) < 4.78 is 7.00. The first-order chi connectivity index (χ1) is 9.59. The molecule has 0 aromatic carbocycles. The monoisotopic (exact) mass is 340 g/mol. The maximum atomic E-state index is 5.98. The highest BCUT2D eigenvalue weighted by Crippen LogP contribution is 2.37. The van der Waals surface area contributed by atoms with E-state index in [4.69, 9.17) is 4.74 Å². The molecule has 1 atom stereocenters. The van der Waals surface area contributed by atoms with Crippen molar-refractivity contribution in [3.05, 3.63) is 28.5 Å². The molecule has 4 heteroatoms. The highest BCUT2D eigenvalue weighted by molar-refractivity contribution is 9.10. The summed E-state index contributed by atoms with van der Waals surface area (Å²) in [5.74, 6) is 0.821. The maximum Gasteiger partial charge on any atom is 0.0834 e. The number of methoxy groups -OCH3 is 1. The third kappa shape index (κ3) is 3.60. The number of nitrogens with one attached hydrogen (secondary N) is 1. The van der Waals surface area contributed by atoms with Gasteiger partial charge in [-0.3, -0.25) is 4.98 Å². The van der Waals surface area contributed by atoms with Gasteiger partial charge in [-0.15, -0.1) is 0 Å². The summed E-state index contributed by atoms with van der Waals surface area (Å²) in [5.41, 5.74) is 1.07. The summed E-state index contributed by atoms with van der Waals surface area (Å²) in [6, 6.07) is 4.45. The Bertz CT molecular complexity index is 413. The molecule has 1 aliphatic rings. The molecule has 1 aromatic rings. The molecule has 3 nitrogen and oxygen atoms in total. The number of nitrogens with zero attached hydrogens (tertiary/aromatic N) is 1. The Labute approximate surface area is 130 Å². The number of ether oxygens (including phenoxy) is 1. The second kappa shape index (κ2) is 7.01. The highest BCUT2D eigenvalue weighted by Gasteiger charge is 2.40. The average molecular weight is 341 g/mol. The Kier molecular flexibility index (Phi) is 5.58. The molecule has 1 unspecified atom stereocenters. The minimum absolute atomic E-state index is 0.0456. The summed E-state index contributed by atoms with van der Waals surface area (Å²) in [7, 11) is 3.89. The standard InChI is InChI=1S/C16H25BrN2O/c1-12-6-8-16(20-3,9-7-12)15(18-2)10-14-5-4-13(17)11-19-14/h4-5,11-12,15,18H,6-10H2,1-3H3. The van der Waals surface area contributed by atoms with E-state index in [-0.39, 0.29) is 5.60 Å². The Morgan fingerprint density at radius 1 is 1.45 bits per heavy atom. The fraction of sp³-hybridized carbons (Fsp3) is 0.688. The van der Waals surface area contributed by atoms with Crippen molar-refractivity contribution in [1.82, 2.24) is 10.3 Å². The fourth-order valence-corrected chi connectivity index (χ4v) is 3.47. The van der Waals surface area contributed by atoms with Crippen molar-refractivity contribution in [2.45, 2.75) is 50.7 Å². The van der Waals surface area contributed by atoms with E-state index in [1.165, 1.54) is 12.8 Å². The van der Waals surface area contributed by atoms with Crippen LogP contribution in [0.3, 0.4) is 0 Å². The van der Waals surface area contributed by atoms with E-state index >= 15 is 0 Å². The Balaban J connectivity index is 2.11. The van der Waals surface area contributed by atoms with Crippen LogP contribution in [-0.2, 0) is 11.2 Å². The molecular formula is C16H25BrN2O. The van der Waals surface area contributed by atoms with Crippen LogP contribution in [0.1, 0.15) is 38.3 Å². The Hall–Kier alpha value is -0.450. The normalized spacial score (nSPS) is 28.3. The molecule has 0 saturated heterocycles. The van der Waals surface area contributed by atoms with Crippen molar-refractivity contribution in [3.8, 4) is 0 Å². The summed E-state index contributed by atoms with van der Waals surface area (Å²) in [4.78, 5) is 4.50. The largest absolute Gasteiger partial charge is 0.377 e. The molecule has 0 bridgehead atoms. The lowest BCUT2D eigenvalue weighted by Gasteiger charge is -2.44. The van der Waals surface area contributed by atoms with E-state index in [9.17, 15) is 0 Å². The fourth-order valence-electron chi connectivity index (χ4n) is 3.23. The van der Waals surface area contributed by atoms with Gasteiger partial charge in [-0.25, -0.2) is 0 Å². The topological polar surface area (TPSA) is 34.2 Å². The van der Waals surface area contributed by atoms with E-state index in [1.807, 2.05) is 20.4 Å². The smallest absolute Gasteiger partial charge is 0.0834 e. The Morgan fingerprint density at radius 3 is 2.65 bits per heavy atom. The zero-order valence-electron chi connectivity index (χ0n) is 12.7. The number of hydrogen-bond acceptors (Lipinski definition) is 3. The molecule has 0 amide bonds. The molecule has 1 heterocycles. The highest BCUT2D eigenvalue weighted by atomic mass is 79.9. The molecule has 112 valence electrons. The van der Waals surface area contributed by atoms with Gasteiger partial charge in [-0.1, -0.05) is 6.92 Å². The SMILES string of the molecule is CNC(Cc1ccc(Br)cn1)C1(OC)CCC(C)CC1. The molecule has 0 radical (unpaired) electrons. The van der Waals surface area contributed by atoms with Gasteiger partial charge in [0.2, 0.25) is 0 Å². The molecule has 20 heavy (non-hydrogen) atoms. The van der Waals surface area contributed by atoms with Gasteiger partial charge in [-0.2, -0.15) is 0 Å².